The summed E-state index contributed by atoms with van der Waals surface area (Å²) in [5, 5.41) is 2.57. The number of Topliss-reactive ketones (excluding diaryl/α,β-unsaturated/α-hetero) is 1. The molecular weight excluding hydrogens is 401 g/mol. The molecule has 11 heteroatoms. The third-order valence-corrected chi connectivity index (χ3v) is 4.55. The van der Waals surface area contributed by atoms with Crippen LogP contribution in [0.4, 0.5) is 13.2 Å². The lowest BCUT2D eigenvalue weighted by atomic mass is 10.3. The van der Waals surface area contributed by atoms with Crippen molar-refractivity contribution in [3.05, 3.63) is 56.1 Å². The van der Waals surface area contributed by atoms with Gasteiger partial charge in [-0.2, -0.15) is 13.2 Å². The fourth-order valence-corrected chi connectivity index (χ4v) is 2.93. The number of carbonyl (C=O) groups excluding carboxylic acids is 3. The summed E-state index contributed by atoms with van der Waals surface area (Å²) in [6.07, 6.45) is -4.15. The molecule has 0 radical (unpaired) electrons. The van der Waals surface area contributed by atoms with E-state index in [4.69, 9.17) is 4.74 Å². The van der Waals surface area contributed by atoms with E-state index in [-0.39, 0.29) is 12.5 Å². The Morgan fingerprint density at radius 2 is 1.89 bits per heavy atom. The van der Waals surface area contributed by atoms with Crippen LogP contribution in [-0.4, -0.2) is 28.8 Å². The molecule has 1 N–H and O–H groups in total. The van der Waals surface area contributed by atoms with Gasteiger partial charge in [-0.05, 0) is 18.2 Å². The van der Waals surface area contributed by atoms with Gasteiger partial charge in [0.25, 0.3) is 5.56 Å². The zero-order valence-electron chi connectivity index (χ0n) is 14.5. The normalized spacial score (nSPS) is 11.1. The molecule has 0 saturated carbocycles. The number of carbonyl (C=O) groups is 3. The first-order chi connectivity index (χ1) is 13.1. The highest BCUT2D eigenvalue weighted by Crippen LogP contribution is 2.28. The first-order valence-electron chi connectivity index (χ1n) is 7.86. The van der Waals surface area contributed by atoms with Gasteiger partial charge in [0.05, 0.1) is 17.0 Å². The van der Waals surface area contributed by atoms with Crippen LogP contribution in [-0.2, 0) is 33.6 Å². The Balaban J connectivity index is 1.93. The molecule has 0 atom stereocenters. The van der Waals surface area contributed by atoms with E-state index in [1.807, 2.05) is 0 Å². The number of hydrogen-bond donors (Lipinski definition) is 1. The standard InChI is InChI=1S/C17H15F3N2O5S/c1-10(23)21-6-12-3-4-14(28-12)13(24)9-27-16(26)8-22-7-11(17(18,19)20)2-5-15(22)25/h2-5,7H,6,8-9H2,1H3,(H,21,23). The van der Waals surface area contributed by atoms with E-state index in [0.29, 0.717) is 27.8 Å². The van der Waals surface area contributed by atoms with Crippen molar-refractivity contribution in [2.75, 3.05) is 6.61 Å². The summed E-state index contributed by atoms with van der Waals surface area (Å²) in [5.41, 5.74) is -1.89. The van der Waals surface area contributed by atoms with Crippen molar-refractivity contribution in [3.63, 3.8) is 0 Å². The van der Waals surface area contributed by atoms with Gasteiger partial charge in [-0.15, -0.1) is 11.3 Å². The summed E-state index contributed by atoms with van der Waals surface area (Å²) in [5.74, 6) is -1.76. The van der Waals surface area contributed by atoms with Crippen molar-refractivity contribution < 1.29 is 32.3 Å². The zero-order chi connectivity index (χ0) is 20.9. The minimum Gasteiger partial charge on any atom is -0.456 e. The molecule has 2 aromatic rings. The maximum Gasteiger partial charge on any atom is 0.417 e. The molecule has 0 bridgehead atoms. The summed E-state index contributed by atoms with van der Waals surface area (Å²) < 4.78 is 43.4. The lowest BCUT2D eigenvalue weighted by molar-refractivity contribution is -0.144. The van der Waals surface area contributed by atoms with Crippen molar-refractivity contribution >= 4 is 29.0 Å². The van der Waals surface area contributed by atoms with Crippen molar-refractivity contribution in [1.29, 1.82) is 0 Å². The van der Waals surface area contributed by atoms with E-state index >= 15 is 0 Å². The van der Waals surface area contributed by atoms with Crippen LogP contribution < -0.4 is 10.9 Å². The number of ketones is 1. The number of halogens is 3. The van der Waals surface area contributed by atoms with Crippen molar-refractivity contribution in [1.82, 2.24) is 9.88 Å². The predicted octanol–water partition coefficient (Wildman–Crippen LogP) is 1.99. The van der Waals surface area contributed by atoms with Gasteiger partial charge in [0, 0.05) is 24.1 Å². The highest BCUT2D eigenvalue weighted by atomic mass is 32.1. The fourth-order valence-electron chi connectivity index (χ4n) is 2.06. The van der Waals surface area contributed by atoms with Gasteiger partial charge in [0.2, 0.25) is 11.7 Å². The topological polar surface area (TPSA) is 94.5 Å². The van der Waals surface area contributed by atoms with Gasteiger partial charge < -0.3 is 14.6 Å². The molecule has 2 rings (SSSR count). The molecule has 0 aliphatic heterocycles. The summed E-state index contributed by atoms with van der Waals surface area (Å²) in [4.78, 5) is 47.3. The van der Waals surface area contributed by atoms with Crippen molar-refractivity contribution in [3.8, 4) is 0 Å². The van der Waals surface area contributed by atoms with Crippen LogP contribution in [0.3, 0.4) is 0 Å². The van der Waals surface area contributed by atoms with E-state index in [1.54, 1.807) is 6.07 Å². The van der Waals surface area contributed by atoms with Gasteiger partial charge in [-0.1, -0.05) is 0 Å². The lowest BCUT2D eigenvalue weighted by Crippen LogP contribution is -2.27. The van der Waals surface area contributed by atoms with Crippen LogP contribution in [0.1, 0.15) is 27.0 Å². The summed E-state index contributed by atoms with van der Waals surface area (Å²) in [6.45, 7) is 0.237. The number of hydrogen-bond acceptors (Lipinski definition) is 6. The number of esters is 1. The van der Waals surface area contributed by atoms with E-state index in [9.17, 15) is 32.3 Å². The first-order valence-corrected chi connectivity index (χ1v) is 8.67. The van der Waals surface area contributed by atoms with E-state index < -0.39 is 42.2 Å². The molecule has 0 aromatic carbocycles. The Bertz CT molecular complexity index is 949. The number of nitrogens with one attached hydrogen (secondary N) is 1. The second-order valence-electron chi connectivity index (χ2n) is 5.64. The Labute approximate surface area is 160 Å². The molecule has 7 nitrogen and oxygen atoms in total. The lowest BCUT2D eigenvalue weighted by Gasteiger charge is -2.10. The molecule has 0 aliphatic rings. The minimum absolute atomic E-state index is 0.222. The predicted molar refractivity (Wildman–Crippen MR) is 92.8 cm³/mol. The van der Waals surface area contributed by atoms with Crippen LogP contribution in [0.15, 0.2) is 35.3 Å². The molecule has 2 heterocycles. The molecule has 0 fully saturated rings. The number of nitrogens with zero attached hydrogens (tertiary/aromatic N) is 1. The average Bonchev–Trinajstić information content (AvgIpc) is 3.08. The Morgan fingerprint density at radius 1 is 1.18 bits per heavy atom. The maximum atomic E-state index is 12.7. The van der Waals surface area contributed by atoms with Gasteiger partial charge in [0.15, 0.2) is 6.61 Å². The smallest absolute Gasteiger partial charge is 0.417 e. The van der Waals surface area contributed by atoms with Crippen LogP contribution >= 0.6 is 11.3 Å². The van der Waals surface area contributed by atoms with E-state index in [1.165, 1.54) is 13.0 Å². The number of pyridine rings is 1. The maximum absolute atomic E-state index is 12.7. The van der Waals surface area contributed by atoms with Crippen molar-refractivity contribution in [2.45, 2.75) is 26.2 Å². The van der Waals surface area contributed by atoms with E-state index in [0.717, 1.165) is 16.2 Å². The van der Waals surface area contributed by atoms with Crippen LogP contribution in [0.2, 0.25) is 0 Å². The number of alkyl halides is 3. The highest BCUT2D eigenvalue weighted by Gasteiger charge is 2.31. The SMILES string of the molecule is CC(=O)NCc1ccc(C(=O)COC(=O)Cn2cc(C(F)(F)F)ccc2=O)s1. The van der Waals surface area contributed by atoms with E-state index in [2.05, 4.69) is 5.32 Å². The third kappa shape index (κ3) is 6.05. The quantitative estimate of drug-likeness (QED) is 0.550. The largest absolute Gasteiger partial charge is 0.456 e. The Morgan fingerprint density at radius 3 is 2.54 bits per heavy atom. The first kappa shape index (κ1) is 21.4. The molecule has 1 amide bonds. The van der Waals surface area contributed by atoms with Gasteiger partial charge in [-0.3, -0.25) is 19.2 Å². The van der Waals surface area contributed by atoms with Crippen LogP contribution in [0, 0.1) is 0 Å². The summed E-state index contributed by atoms with van der Waals surface area (Å²) in [6, 6.07) is 4.46. The molecule has 28 heavy (non-hydrogen) atoms. The monoisotopic (exact) mass is 416 g/mol. The second-order valence-corrected chi connectivity index (χ2v) is 6.81. The fraction of sp³-hybridized carbons (Fsp3) is 0.294. The highest BCUT2D eigenvalue weighted by molar-refractivity contribution is 7.14. The van der Waals surface area contributed by atoms with Gasteiger partial charge >= 0.3 is 12.1 Å². The summed E-state index contributed by atoms with van der Waals surface area (Å²) >= 11 is 1.11. The molecule has 0 aliphatic carbocycles. The van der Waals surface area contributed by atoms with Crippen LogP contribution in [0.5, 0.6) is 0 Å². The molecule has 2 aromatic heterocycles. The molecule has 150 valence electrons. The number of thiophene rings is 1. The molecule has 0 saturated heterocycles. The van der Waals surface area contributed by atoms with Crippen molar-refractivity contribution in [2.24, 2.45) is 0 Å². The molecule has 0 unspecified atom stereocenters. The Kier molecular flexibility index (Phi) is 6.73. The molecule has 0 spiro atoms. The number of aromatic nitrogens is 1. The van der Waals surface area contributed by atoms with Crippen LogP contribution in [0.25, 0.3) is 0 Å². The average molecular weight is 416 g/mol. The number of ether oxygens (including phenoxy) is 1. The molecular formula is C17H15F3N2O5S. The third-order valence-electron chi connectivity index (χ3n) is 3.42. The zero-order valence-corrected chi connectivity index (χ0v) is 15.4. The number of amides is 1. The van der Waals surface area contributed by atoms with Gasteiger partial charge in [0.1, 0.15) is 6.54 Å². The number of rotatable bonds is 7. The minimum atomic E-state index is -4.66. The summed E-state index contributed by atoms with van der Waals surface area (Å²) in [7, 11) is 0. The van der Waals surface area contributed by atoms with Gasteiger partial charge in [-0.25, -0.2) is 0 Å². The second kappa shape index (κ2) is 8.83. The Hall–Kier alpha value is -2.95.